The largest absolute Gasteiger partial charge is 0.325 e. The molecule has 0 saturated carbocycles. The number of thioether (sulfide) groups is 1. The number of aromatic nitrogens is 2. The van der Waals surface area contributed by atoms with Crippen molar-refractivity contribution in [2.45, 2.75) is 19.0 Å². The van der Waals surface area contributed by atoms with Crippen LogP contribution in [0.2, 0.25) is 0 Å². The van der Waals surface area contributed by atoms with E-state index in [2.05, 4.69) is 10.3 Å². The second-order valence-corrected chi connectivity index (χ2v) is 8.50. The van der Waals surface area contributed by atoms with Gasteiger partial charge in [-0.05, 0) is 49.1 Å². The summed E-state index contributed by atoms with van der Waals surface area (Å²) in [6.07, 6.45) is 0. The molecule has 0 radical (unpaired) electrons. The monoisotopic (exact) mass is 421 g/mol. The number of amides is 1. The van der Waals surface area contributed by atoms with Crippen LogP contribution in [0.3, 0.4) is 0 Å². The molecule has 0 aliphatic rings. The Hall–Kier alpha value is -2.90. The van der Waals surface area contributed by atoms with Crippen molar-refractivity contribution in [2.24, 2.45) is 0 Å². The van der Waals surface area contributed by atoms with Gasteiger partial charge in [0.1, 0.15) is 4.83 Å². The normalized spacial score (nSPS) is 11.0. The van der Waals surface area contributed by atoms with Crippen LogP contribution < -0.4 is 10.9 Å². The first-order valence-electron chi connectivity index (χ1n) is 9.08. The molecular weight excluding hydrogens is 402 g/mol. The van der Waals surface area contributed by atoms with Gasteiger partial charge in [0.05, 0.1) is 16.8 Å². The Kier molecular flexibility index (Phi) is 5.51. The van der Waals surface area contributed by atoms with Gasteiger partial charge in [-0.2, -0.15) is 0 Å². The maximum atomic E-state index is 13.1. The molecular formula is C22H19N3O2S2. The van der Waals surface area contributed by atoms with E-state index in [0.717, 1.165) is 22.5 Å². The molecule has 0 saturated heterocycles. The predicted octanol–water partition coefficient (Wildman–Crippen LogP) is 4.79. The summed E-state index contributed by atoms with van der Waals surface area (Å²) in [5, 5.41) is 5.85. The lowest BCUT2D eigenvalue weighted by Crippen LogP contribution is -2.23. The molecule has 0 bridgehead atoms. The van der Waals surface area contributed by atoms with Crippen molar-refractivity contribution in [3.8, 4) is 5.69 Å². The van der Waals surface area contributed by atoms with E-state index in [1.807, 2.05) is 67.8 Å². The number of carbonyl (C=O) groups excluding carboxylic acids is 1. The smallest absolute Gasteiger partial charge is 0.267 e. The minimum absolute atomic E-state index is 0.119. The number of thiophene rings is 1. The molecule has 0 atom stereocenters. The molecule has 5 nitrogen and oxygen atoms in total. The molecule has 4 aromatic rings. The number of hydrogen-bond donors (Lipinski definition) is 1. The van der Waals surface area contributed by atoms with Gasteiger partial charge < -0.3 is 5.32 Å². The van der Waals surface area contributed by atoms with E-state index < -0.39 is 0 Å². The summed E-state index contributed by atoms with van der Waals surface area (Å²) >= 11 is 2.68. The molecule has 0 aliphatic carbocycles. The highest BCUT2D eigenvalue weighted by Crippen LogP contribution is 2.25. The SMILES string of the molecule is Cc1ccc(NC(=O)CSc2nc3sccc3c(=O)n2-c2ccccc2C)cc1. The fourth-order valence-electron chi connectivity index (χ4n) is 2.98. The predicted molar refractivity (Wildman–Crippen MR) is 120 cm³/mol. The average molecular weight is 422 g/mol. The maximum absolute atomic E-state index is 13.1. The minimum Gasteiger partial charge on any atom is -0.325 e. The summed E-state index contributed by atoms with van der Waals surface area (Å²) in [6.45, 7) is 3.96. The highest BCUT2D eigenvalue weighted by Gasteiger charge is 2.16. The third-order valence-corrected chi connectivity index (χ3v) is 6.24. The summed E-state index contributed by atoms with van der Waals surface area (Å²) < 4.78 is 1.61. The molecule has 2 aromatic carbocycles. The van der Waals surface area contributed by atoms with Crippen molar-refractivity contribution in [1.29, 1.82) is 0 Å². The summed E-state index contributed by atoms with van der Waals surface area (Å²) in [7, 11) is 0. The summed E-state index contributed by atoms with van der Waals surface area (Å²) in [5.41, 5.74) is 3.51. The fraction of sp³-hybridized carbons (Fsp3) is 0.136. The Labute approximate surface area is 176 Å². The first kappa shape index (κ1) is 19.4. The minimum atomic E-state index is -0.143. The molecule has 2 heterocycles. The van der Waals surface area contributed by atoms with Crippen LogP contribution in [0.5, 0.6) is 0 Å². The van der Waals surface area contributed by atoms with E-state index in [1.165, 1.54) is 23.1 Å². The summed E-state index contributed by atoms with van der Waals surface area (Å²) in [5.74, 6) is 0.0130. The molecule has 4 rings (SSSR count). The van der Waals surface area contributed by atoms with Crippen LogP contribution in [0.1, 0.15) is 11.1 Å². The number of benzene rings is 2. The number of aryl methyl sites for hydroxylation is 2. The van der Waals surface area contributed by atoms with Crippen molar-refractivity contribution in [1.82, 2.24) is 9.55 Å². The van der Waals surface area contributed by atoms with Crippen LogP contribution in [0.15, 0.2) is 69.9 Å². The van der Waals surface area contributed by atoms with Gasteiger partial charge in [-0.15, -0.1) is 11.3 Å². The van der Waals surface area contributed by atoms with E-state index in [1.54, 1.807) is 10.6 Å². The number of rotatable bonds is 5. The number of nitrogens with zero attached hydrogens (tertiary/aromatic N) is 2. The molecule has 146 valence electrons. The van der Waals surface area contributed by atoms with Gasteiger partial charge >= 0.3 is 0 Å². The van der Waals surface area contributed by atoms with Crippen LogP contribution in [-0.2, 0) is 4.79 Å². The van der Waals surface area contributed by atoms with Crippen molar-refractivity contribution >= 4 is 44.9 Å². The zero-order chi connectivity index (χ0) is 20.4. The molecule has 1 N–H and O–H groups in total. The van der Waals surface area contributed by atoms with Gasteiger partial charge in [-0.1, -0.05) is 47.7 Å². The Balaban J connectivity index is 1.65. The van der Waals surface area contributed by atoms with Crippen LogP contribution in [0.25, 0.3) is 15.9 Å². The number of hydrogen-bond acceptors (Lipinski definition) is 5. The number of anilines is 1. The lowest BCUT2D eigenvalue weighted by molar-refractivity contribution is -0.113. The third-order valence-electron chi connectivity index (χ3n) is 4.49. The highest BCUT2D eigenvalue weighted by molar-refractivity contribution is 7.99. The summed E-state index contributed by atoms with van der Waals surface area (Å²) in [4.78, 5) is 30.9. The van der Waals surface area contributed by atoms with Crippen LogP contribution in [0.4, 0.5) is 5.69 Å². The standard InChI is InChI=1S/C22H19N3O2S2/c1-14-7-9-16(10-8-14)23-19(26)13-29-22-24-20-17(11-12-28-20)21(27)25(22)18-6-4-3-5-15(18)2/h3-12H,13H2,1-2H3,(H,23,26). The van der Waals surface area contributed by atoms with E-state index >= 15 is 0 Å². The van der Waals surface area contributed by atoms with E-state index in [-0.39, 0.29) is 17.2 Å². The quantitative estimate of drug-likeness (QED) is 0.372. The average Bonchev–Trinajstić information content (AvgIpc) is 3.18. The van der Waals surface area contributed by atoms with E-state index in [9.17, 15) is 9.59 Å². The van der Waals surface area contributed by atoms with Crippen LogP contribution in [0, 0.1) is 13.8 Å². The van der Waals surface area contributed by atoms with E-state index in [0.29, 0.717) is 15.4 Å². The first-order valence-corrected chi connectivity index (χ1v) is 10.9. The third kappa shape index (κ3) is 4.11. The lowest BCUT2D eigenvalue weighted by Gasteiger charge is -2.14. The van der Waals surface area contributed by atoms with Gasteiger partial charge in [-0.25, -0.2) is 4.98 Å². The Morgan fingerprint density at radius 2 is 1.86 bits per heavy atom. The number of para-hydroxylation sites is 1. The van der Waals surface area contributed by atoms with Gasteiger partial charge in [-0.3, -0.25) is 14.2 Å². The van der Waals surface area contributed by atoms with Gasteiger partial charge in [0.15, 0.2) is 5.16 Å². The number of nitrogens with one attached hydrogen (secondary N) is 1. The maximum Gasteiger partial charge on any atom is 0.267 e. The second-order valence-electron chi connectivity index (χ2n) is 6.66. The molecule has 2 aromatic heterocycles. The molecule has 0 unspecified atom stereocenters. The molecule has 0 spiro atoms. The van der Waals surface area contributed by atoms with Crippen molar-refractivity contribution < 1.29 is 4.79 Å². The fourth-order valence-corrected chi connectivity index (χ4v) is 4.59. The van der Waals surface area contributed by atoms with E-state index in [4.69, 9.17) is 0 Å². The second kappa shape index (κ2) is 8.23. The molecule has 7 heteroatoms. The Morgan fingerprint density at radius 1 is 1.10 bits per heavy atom. The van der Waals surface area contributed by atoms with Crippen LogP contribution >= 0.6 is 23.1 Å². The van der Waals surface area contributed by atoms with Gasteiger partial charge in [0, 0.05) is 5.69 Å². The number of fused-ring (bicyclic) bond motifs is 1. The zero-order valence-electron chi connectivity index (χ0n) is 16.0. The molecule has 0 fully saturated rings. The summed E-state index contributed by atoms with van der Waals surface area (Å²) in [6, 6.07) is 17.1. The number of carbonyl (C=O) groups is 1. The topological polar surface area (TPSA) is 64.0 Å². The van der Waals surface area contributed by atoms with Crippen molar-refractivity contribution in [2.75, 3.05) is 11.1 Å². The Bertz CT molecular complexity index is 1240. The lowest BCUT2D eigenvalue weighted by atomic mass is 10.2. The molecule has 29 heavy (non-hydrogen) atoms. The van der Waals surface area contributed by atoms with Gasteiger partial charge in [0.25, 0.3) is 5.56 Å². The highest BCUT2D eigenvalue weighted by atomic mass is 32.2. The first-order chi connectivity index (χ1) is 14.0. The zero-order valence-corrected chi connectivity index (χ0v) is 17.6. The molecule has 1 amide bonds. The van der Waals surface area contributed by atoms with Crippen molar-refractivity contribution in [3.05, 3.63) is 81.5 Å². The van der Waals surface area contributed by atoms with Crippen LogP contribution in [-0.4, -0.2) is 21.2 Å². The van der Waals surface area contributed by atoms with Gasteiger partial charge in [0.2, 0.25) is 5.91 Å². The Morgan fingerprint density at radius 3 is 2.62 bits per heavy atom. The van der Waals surface area contributed by atoms with Crippen molar-refractivity contribution in [3.63, 3.8) is 0 Å². The molecule has 0 aliphatic heterocycles.